The maximum absolute atomic E-state index is 13.3. The predicted molar refractivity (Wildman–Crippen MR) is 83.3 cm³/mol. The Morgan fingerprint density at radius 3 is 2.26 bits per heavy atom. The van der Waals surface area contributed by atoms with E-state index >= 15 is 0 Å². The summed E-state index contributed by atoms with van der Waals surface area (Å²) in [7, 11) is -3.92. The fraction of sp³-hybridized carbons (Fsp3) is 0.294. The normalized spacial score (nSPS) is 16.3. The summed E-state index contributed by atoms with van der Waals surface area (Å²) < 4.78 is 53.9. The molecule has 122 valence electrons. The van der Waals surface area contributed by atoms with Crippen molar-refractivity contribution in [3.05, 3.63) is 65.2 Å². The Bertz CT molecular complexity index is 815. The quantitative estimate of drug-likeness (QED) is 0.904. The van der Waals surface area contributed by atoms with Gasteiger partial charge < -0.3 is 0 Å². The second kappa shape index (κ2) is 6.02. The lowest BCUT2D eigenvalue weighted by Crippen LogP contribution is -2.30. The third-order valence-corrected chi connectivity index (χ3v) is 5.45. The van der Waals surface area contributed by atoms with E-state index in [1.54, 1.807) is 0 Å². The van der Waals surface area contributed by atoms with Crippen LogP contribution in [-0.2, 0) is 10.0 Å². The van der Waals surface area contributed by atoms with Gasteiger partial charge in [0.2, 0.25) is 10.0 Å². The first-order valence-corrected chi connectivity index (χ1v) is 8.89. The molecule has 1 atom stereocenters. The van der Waals surface area contributed by atoms with Crippen molar-refractivity contribution < 1.29 is 17.2 Å². The molecule has 2 aromatic rings. The Morgan fingerprint density at radius 1 is 1.04 bits per heavy atom. The summed E-state index contributed by atoms with van der Waals surface area (Å²) in [6, 6.07) is 9.89. The summed E-state index contributed by atoms with van der Waals surface area (Å²) in [6.45, 7) is 1.96. The third kappa shape index (κ3) is 3.59. The lowest BCUT2D eigenvalue weighted by Gasteiger charge is -2.19. The first-order valence-electron chi connectivity index (χ1n) is 7.41. The van der Waals surface area contributed by atoms with E-state index in [2.05, 4.69) is 4.72 Å². The first kappa shape index (κ1) is 16.1. The SMILES string of the molecule is Cc1ccc(C(NS(=O)(=O)c2ccc(F)c(F)c2)C2CC2)cc1. The van der Waals surface area contributed by atoms with Crippen molar-refractivity contribution in [2.75, 3.05) is 0 Å². The summed E-state index contributed by atoms with van der Waals surface area (Å²) in [5.41, 5.74) is 1.97. The zero-order chi connectivity index (χ0) is 16.6. The summed E-state index contributed by atoms with van der Waals surface area (Å²) in [4.78, 5) is -0.269. The largest absolute Gasteiger partial charge is 0.241 e. The fourth-order valence-electron chi connectivity index (χ4n) is 2.52. The number of rotatable bonds is 5. The monoisotopic (exact) mass is 337 g/mol. The molecule has 0 heterocycles. The highest BCUT2D eigenvalue weighted by Crippen LogP contribution is 2.41. The zero-order valence-electron chi connectivity index (χ0n) is 12.6. The maximum Gasteiger partial charge on any atom is 0.241 e. The molecule has 1 aliphatic rings. The molecule has 2 aromatic carbocycles. The molecule has 1 saturated carbocycles. The molecule has 23 heavy (non-hydrogen) atoms. The number of hydrogen-bond donors (Lipinski definition) is 1. The van der Waals surface area contributed by atoms with E-state index in [0.29, 0.717) is 6.07 Å². The lowest BCUT2D eigenvalue weighted by molar-refractivity contribution is 0.501. The predicted octanol–water partition coefficient (Wildman–Crippen LogP) is 3.70. The lowest BCUT2D eigenvalue weighted by atomic mass is 10.0. The van der Waals surface area contributed by atoms with Gasteiger partial charge in [0.05, 0.1) is 4.90 Å². The molecule has 3 rings (SSSR count). The molecular weight excluding hydrogens is 320 g/mol. The van der Waals surface area contributed by atoms with Crippen LogP contribution in [0.5, 0.6) is 0 Å². The summed E-state index contributed by atoms with van der Waals surface area (Å²) in [5.74, 6) is -2.01. The van der Waals surface area contributed by atoms with Gasteiger partial charge in [0.1, 0.15) is 0 Å². The maximum atomic E-state index is 13.3. The van der Waals surface area contributed by atoms with Gasteiger partial charge in [0.15, 0.2) is 11.6 Å². The van der Waals surface area contributed by atoms with E-state index in [1.807, 2.05) is 31.2 Å². The molecular formula is C17H17F2NO2S. The van der Waals surface area contributed by atoms with Gasteiger partial charge in [0, 0.05) is 6.04 Å². The van der Waals surface area contributed by atoms with Gasteiger partial charge in [-0.2, -0.15) is 0 Å². The highest BCUT2D eigenvalue weighted by atomic mass is 32.2. The van der Waals surface area contributed by atoms with Gasteiger partial charge in [0.25, 0.3) is 0 Å². The molecule has 1 fully saturated rings. The van der Waals surface area contributed by atoms with Gasteiger partial charge in [-0.3, -0.25) is 0 Å². The molecule has 1 aliphatic carbocycles. The molecule has 0 aliphatic heterocycles. The van der Waals surface area contributed by atoms with Crippen molar-refractivity contribution in [3.8, 4) is 0 Å². The van der Waals surface area contributed by atoms with Crippen LogP contribution in [0.3, 0.4) is 0 Å². The Kier molecular flexibility index (Phi) is 4.21. The van der Waals surface area contributed by atoms with E-state index < -0.39 is 21.7 Å². The number of aryl methyl sites for hydroxylation is 1. The Hall–Kier alpha value is -1.79. The first-order chi connectivity index (χ1) is 10.9. The summed E-state index contributed by atoms with van der Waals surface area (Å²) in [5, 5.41) is 0. The van der Waals surface area contributed by atoms with Crippen LogP contribution in [0, 0.1) is 24.5 Å². The number of benzene rings is 2. The number of nitrogens with one attached hydrogen (secondary N) is 1. The minimum atomic E-state index is -3.92. The third-order valence-electron chi connectivity index (χ3n) is 4.01. The van der Waals surface area contributed by atoms with Crippen LogP contribution >= 0.6 is 0 Å². The van der Waals surface area contributed by atoms with Gasteiger partial charge >= 0.3 is 0 Å². The van der Waals surface area contributed by atoms with Crippen LogP contribution in [0.15, 0.2) is 47.4 Å². The molecule has 1 unspecified atom stereocenters. The van der Waals surface area contributed by atoms with E-state index in [0.717, 1.165) is 36.1 Å². The number of hydrogen-bond acceptors (Lipinski definition) is 2. The van der Waals surface area contributed by atoms with Crippen LogP contribution in [0.4, 0.5) is 8.78 Å². The van der Waals surface area contributed by atoms with E-state index in [4.69, 9.17) is 0 Å². The summed E-state index contributed by atoms with van der Waals surface area (Å²) in [6.07, 6.45) is 1.89. The van der Waals surface area contributed by atoms with Crippen LogP contribution in [0.2, 0.25) is 0 Å². The van der Waals surface area contributed by atoms with Crippen molar-refractivity contribution >= 4 is 10.0 Å². The van der Waals surface area contributed by atoms with Crippen molar-refractivity contribution in [2.24, 2.45) is 5.92 Å². The highest BCUT2D eigenvalue weighted by molar-refractivity contribution is 7.89. The van der Waals surface area contributed by atoms with E-state index in [1.165, 1.54) is 0 Å². The molecule has 3 nitrogen and oxygen atoms in total. The molecule has 0 radical (unpaired) electrons. The molecule has 0 spiro atoms. The Labute approximate surface area is 134 Å². The standard InChI is InChI=1S/C17H17F2NO2S/c1-11-2-4-12(5-3-11)17(13-6-7-13)20-23(21,22)14-8-9-15(18)16(19)10-14/h2-5,8-10,13,17,20H,6-7H2,1H3. The minimum Gasteiger partial charge on any atom is -0.207 e. The van der Waals surface area contributed by atoms with Gasteiger partial charge in [-0.15, -0.1) is 0 Å². The van der Waals surface area contributed by atoms with E-state index in [9.17, 15) is 17.2 Å². The average Bonchev–Trinajstić information content (AvgIpc) is 3.33. The summed E-state index contributed by atoms with van der Waals surface area (Å²) >= 11 is 0. The number of sulfonamides is 1. The Balaban J connectivity index is 1.90. The van der Waals surface area contributed by atoms with Crippen LogP contribution in [0.25, 0.3) is 0 Å². The smallest absolute Gasteiger partial charge is 0.207 e. The van der Waals surface area contributed by atoms with Crippen molar-refractivity contribution in [3.63, 3.8) is 0 Å². The van der Waals surface area contributed by atoms with Gasteiger partial charge in [-0.1, -0.05) is 29.8 Å². The van der Waals surface area contributed by atoms with Crippen LogP contribution in [-0.4, -0.2) is 8.42 Å². The van der Waals surface area contributed by atoms with E-state index in [-0.39, 0.29) is 16.9 Å². The second-order valence-corrected chi connectivity index (χ2v) is 7.64. The van der Waals surface area contributed by atoms with Crippen LogP contribution < -0.4 is 4.72 Å². The Morgan fingerprint density at radius 2 is 1.70 bits per heavy atom. The molecule has 1 N–H and O–H groups in total. The van der Waals surface area contributed by atoms with Crippen molar-refractivity contribution in [1.82, 2.24) is 4.72 Å². The topological polar surface area (TPSA) is 46.2 Å². The average molecular weight is 337 g/mol. The molecule has 0 amide bonds. The molecule has 0 saturated heterocycles. The van der Waals surface area contributed by atoms with Crippen LogP contribution in [0.1, 0.15) is 30.0 Å². The van der Waals surface area contributed by atoms with Gasteiger partial charge in [-0.05, 0) is 49.4 Å². The number of halogens is 2. The molecule has 6 heteroatoms. The fourth-order valence-corrected chi connectivity index (χ4v) is 3.82. The minimum absolute atomic E-state index is 0.234. The molecule has 0 bridgehead atoms. The molecule has 0 aromatic heterocycles. The zero-order valence-corrected chi connectivity index (χ0v) is 13.4. The van der Waals surface area contributed by atoms with Crippen molar-refractivity contribution in [1.29, 1.82) is 0 Å². The van der Waals surface area contributed by atoms with Gasteiger partial charge in [-0.25, -0.2) is 21.9 Å². The van der Waals surface area contributed by atoms with Crippen molar-refractivity contribution in [2.45, 2.75) is 30.7 Å². The second-order valence-electron chi connectivity index (χ2n) is 5.92. The highest BCUT2D eigenvalue weighted by Gasteiger charge is 2.35.